The van der Waals surface area contributed by atoms with Crippen molar-refractivity contribution in [3.05, 3.63) is 0 Å². The first-order valence-electron chi connectivity index (χ1n) is 5.27. The highest BCUT2D eigenvalue weighted by atomic mass is 19.4. The topological polar surface area (TPSA) is 12.0 Å². The summed E-state index contributed by atoms with van der Waals surface area (Å²) in [5, 5.41) is 2.72. The van der Waals surface area contributed by atoms with E-state index in [0.29, 0.717) is 0 Å². The molecule has 0 radical (unpaired) electrons. The maximum absolute atomic E-state index is 12.3. The van der Waals surface area contributed by atoms with Gasteiger partial charge in [0.1, 0.15) is 6.04 Å². The standard InChI is InChI=1S/C10H16F3N/c1-7(10(11,12)13)14-8-3-6-9(8)4-2-5-9/h7-8,14H,2-6H2,1H3. The van der Waals surface area contributed by atoms with Crippen molar-refractivity contribution in [2.24, 2.45) is 5.41 Å². The van der Waals surface area contributed by atoms with Gasteiger partial charge in [-0.25, -0.2) is 0 Å². The molecule has 0 saturated heterocycles. The molecule has 0 amide bonds. The molecule has 2 fully saturated rings. The third-order valence-corrected chi connectivity index (χ3v) is 3.96. The summed E-state index contributed by atoms with van der Waals surface area (Å²) in [5.41, 5.74) is 0.250. The zero-order chi connectivity index (χ0) is 10.4. The van der Waals surface area contributed by atoms with Crippen LogP contribution in [0.2, 0.25) is 0 Å². The number of rotatable bonds is 2. The lowest BCUT2D eigenvalue weighted by Gasteiger charge is -2.57. The van der Waals surface area contributed by atoms with Crippen LogP contribution in [0.3, 0.4) is 0 Å². The van der Waals surface area contributed by atoms with E-state index in [4.69, 9.17) is 0 Å². The molecular formula is C10H16F3N. The second-order valence-electron chi connectivity index (χ2n) is 4.74. The van der Waals surface area contributed by atoms with E-state index in [1.54, 1.807) is 0 Å². The zero-order valence-corrected chi connectivity index (χ0v) is 8.32. The van der Waals surface area contributed by atoms with Crippen molar-refractivity contribution in [3.63, 3.8) is 0 Å². The fraction of sp³-hybridized carbons (Fsp3) is 1.00. The first-order valence-corrected chi connectivity index (χ1v) is 5.27. The van der Waals surface area contributed by atoms with Gasteiger partial charge in [0.25, 0.3) is 0 Å². The molecule has 2 rings (SSSR count). The molecule has 0 heterocycles. The largest absolute Gasteiger partial charge is 0.403 e. The lowest BCUT2D eigenvalue weighted by atomic mass is 9.53. The van der Waals surface area contributed by atoms with E-state index in [9.17, 15) is 13.2 Å². The molecule has 0 aromatic heterocycles. The smallest absolute Gasteiger partial charge is 0.303 e. The van der Waals surface area contributed by atoms with Crippen LogP contribution >= 0.6 is 0 Å². The Hall–Kier alpha value is -0.250. The highest BCUT2D eigenvalue weighted by molar-refractivity contribution is 5.05. The van der Waals surface area contributed by atoms with Crippen molar-refractivity contribution in [1.29, 1.82) is 0 Å². The van der Waals surface area contributed by atoms with Gasteiger partial charge in [-0.05, 0) is 38.0 Å². The van der Waals surface area contributed by atoms with Crippen LogP contribution < -0.4 is 5.32 Å². The Labute approximate surface area is 82.1 Å². The Morgan fingerprint density at radius 3 is 2.21 bits per heavy atom. The molecule has 4 heteroatoms. The molecule has 2 aliphatic carbocycles. The van der Waals surface area contributed by atoms with Crippen molar-refractivity contribution in [3.8, 4) is 0 Å². The van der Waals surface area contributed by atoms with Crippen LogP contribution in [0, 0.1) is 5.41 Å². The van der Waals surface area contributed by atoms with E-state index >= 15 is 0 Å². The number of alkyl halides is 3. The minimum atomic E-state index is -4.10. The van der Waals surface area contributed by atoms with Crippen LogP contribution in [0.4, 0.5) is 13.2 Å². The average molecular weight is 207 g/mol. The number of hydrogen-bond donors (Lipinski definition) is 1. The van der Waals surface area contributed by atoms with E-state index in [1.165, 1.54) is 13.3 Å². The number of nitrogens with one attached hydrogen (secondary N) is 1. The van der Waals surface area contributed by atoms with Crippen molar-refractivity contribution in [2.75, 3.05) is 0 Å². The van der Waals surface area contributed by atoms with Gasteiger partial charge in [-0.1, -0.05) is 6.42 Å². The summed E-state index contributed by atoms with van der Waals surface area (Å²) in [6.45, 7) is 1.21. The summed E-state index contributed by atoms with van der Waals surface area (Å²) in [6.07, 6.45) is 1.37. The first kappa shape index (κ1) is 10.3. The molecule has 1 N–H and O–H groups in total. The van der Waals surface area contributed by atoms with Crippen LogP contribution in [0.5, 0.6) is 0 Å². The van der Waals surface area contributed by atoms with Crippen LogP contribution in [0.15, 0.2) is 0 Å². The van der Waals surface area contributed by atoms with E-state index in [-0.39, 0.29) is 11.5 Å². The van der Waals surface area contributed by atoms with Crippen molar-refractivity contribution >= 4 is 0 Å². The van der Waals surface area contributed by atoms with Gasteiger partial charge >= 0.3 is 6.18 Å². The number of halogens is 3. The summed E-state index contributed by atoms with van der Waals surface area (Å²) < 4.78 is 36.8. The van der Waals surface area contributed by atoms with Crippen LogP contribution in [-0.4, -0.2) is 18.3 Å². The van der Waals surface area contributed by atoms with Gasteiger partial charge in [0.2, 0.25) is 0 Å². The fourth-order valence-corrected chi connectivity index (χ4v) is 2.58. The molecule has 14 heavy (non-hydrogen) atoms. The second kappa shape index (κ2) is 3.12. The lowest BCUT2D eigenvalue weighted by Crippen LogP contribution is -2.60. The Balaban J connectivity index is 1.86. The molecule has 82 valence electrons. The third-order valence-electron chi connectivity index (χ3n) is 3.96. The Kier molecular flexibility index (Phi) is 2.29. The first-order chi connectivity index (χ1) is 6.44. The molecule has 1 spiro atoms. The molecule has 0 aromatic rings. The van der Waals surface area contributed by atoms with Gasteiger partial charge in [0.05, 0.1) is 0 Å². The number of hydrogen-bond acceptors (Lipinski definition) is 1. The molecule has 2 unspecified atom stereocenters. The summed E-state index contributed by atoms with van der Waals surface area (Å²) >= 11 is 0. The Morgan fingerprint density at radius 1 is 1.29 bits per heavy atom. The van der Waals surface area contributed by atoms with Crippen molar-refractivity contribution in [2.45, 2.75) is 57.3 Å². The predicted molar refractivity (Wildman–Crippen MR) is 48.0 cm³/mol. The molecule has 0 aliphatic heterocycles. The highest BCUT2D eigenvalue weighted by Gasteiger charge is 2.52. The fourth-order valence-electron chi connectivity index (χ4n) is 2.58. The van der Waals surface area contributed by atoms with Crippen LogP contribution in [-0.2, 0) is 0 Å². The lowest BCUT2D eigenvalue weighted by molar-refractivity contribution is -0.162. The zero-order valence-electron chi connectivity index (χ0n) is 8.32. The van der Waals surface area contributed by atoms with Crippen LogP contribution in [0.25, 0.3) is 0 Å². The van der Waals surface area contributed by atoms with E-state index < -0.39 is 12.2 Å². The minimum absolute atomic E-state index is 0.118. The summed E-state index contributed by atoms with van der Waals surface area (Å²) in [4.78, 5) is 0. The monoisotopic (exact) mass is 207 g/mol. The molecule has 2 atom stereocenters. The van der Waals surface area contributed by atoms with Gasteiger partial charge in [-0.2, -0.15) is 13.2 Å². The highest BCUT2D eigenvalue weighted by Crippen LogP contribution is 2.56. The summed E-state index contributed by atoms with van der Waals surface area (Å²) in [5.74, 6) is 0. The predicted octanol–water partition coefficient (Wildman–Crippen LogP) is 2.86. The molecule has 1 nitrogen and oxygen atoms in total. The van der Waals surface area contributed by atoms with Crippen molar-refractivity contribution < 1.29 is 13.2 Å². The van der Waals surface area contributed by atoms with Gasteiger partial charge in [-0.3, -0.25) is 0 Å². The maximum atomic E-state index is 12.3. The second-order valence-corrected chi connectivity index (χ2v) is 4.74. The Bertz CT molecular complexity index is 214. The van der Waals surface area contributed by atoms with E-state index in [2.05, 4.69) is 5.32 Å². The maximum Gasteiger partial charge on any atom is 0.403 e. The quantitative estimate of drug-likeness (QED) is 0.734. The van der Waals surface area contributed by atoms with Gasteiger partial charge in [-0.15, -0.1) is 0 Å². The van der Waals surface area contributed by atoms with E-state index in [1.807, 2.05) is 0 Å². The van der Waals surface area contributed by atoms with Crippen LogP contribution in [0.1, 0.15) is 39.0 Å². The Morgan fingerprint density at radius 2 is 1.93 bits per heavy atom. The SMILES string of the molecule is CC(NC1CCC12CCC2)C(F)(F)F. The van der Waals surface area contributed by atoms with Gasteiger partial charge < -0.3 is 5.32 Å². The molecule has 2 aliphatic rings. The van der Waals surface area contributed by atoms with Crippen molar-refractivity contribution in [1.82, 2.24) is 5.32 Å². The van der Waals surface area contributed by atoms with Gasteiger partial charge in [0.15, 0.2) is 0 Å². The van der Waals surface area contributed by atoms with Gasteiger partial charge in [0, 0.05) is 6.04 Å². The molecular weight excluding hydrogens is 191 g/mol. The molecule has 0 bridgehead atoms. The summed E-state index contributed by atoms with van der Waals surface area (Å²) in [6, 6.07) is -1.24. The average Bonchev–Trinajstić information content (AvgIpc) is 1.92. The normalized spacial score (nSPS) is 32.1. The minimum Gasteiger partial charge on any atom is -0.303 e. The molecule has 2 saturated carbocycles. The molecule has 0 aromatic carbocycles. The summed E-state index contributed by atoms with van der Waals surface area (Å²) in [7, 11) is 0. The third kappa shape index (κ3) is 1.53. The van der Waals surface area contributed by atoms with E-state index in [0.717, 1.165) is 25.7 Å².